The molecule has 2 unspecified atom stereocenters. The average molecular weight is 302 g/mol. The maximum Gasteiger partial charge on any atom is 0.137 e. The van der Waals surface area contributed by atoms with Crippen molar-refractivity contribution < 1.29 is 9.13 Å². The molecule has 0 saturated carbocycles. The monoisotopic (exact) mass is 301 g/mol. The summed E-state index contributed by atoms with van der Waals surface area (Å²) in [5.41, 5.74) is 1.15. The van der Waals surface area contributed by atoms with E-state index in [2.05, 4.69) is 28.2 Å². The molecule has 0 radical (unpaired) electrons. The summed E-state index contributed by atoms with van der Waals surface area (Å²) in [7, 11) is 0. The van der Waals surface area contributed by atoms with E-state index < -0.39 is 0 Å². The second-order valence-corrected chi connectivity index (χ2v) is 5.44. The van der Waals surface area contributed by atoms with Gasteiger partial charge in [0.2, 0.25) is 0 Å². The van der Waals surface area contributed by atoms with Crippen LogP contribution in [-0.2, 0) is 11.2 Å². The van der Waals surface area contributed by atoms with Crippen LogP contribution < -0.4 is 5.32 Å². The molecule has 4 heteroatoms. The molecule has 94 valence electrons. The highest BCUT2D eigenvalue weighted by Crippen LogP contribution is 2.18. The van der Waals surface area contributed by atoms with Crippen LogP contribution in [0.3, 0.4) is 0 Å². The second kappa shape index (κ2) is 5.94. The van der Waals surface area contributed by atoms with Gasteiger partial charge in [0.25, 0.3) is 0 Å². The van der Waals surface area contributed by atoms with Crippen LogP contribution in [0.5, 0.6) is 0 Å². The Bertz CT molecular complexity index is 386. The molecule has 0 bridgehead atoms. The normalized spacial score (nSPS) is 24.9. The van der Waals surface area contributed by atoms with Crippen molar-refractivity contribution in [1.29, 1.82) is 0 Å². The van der Waals surface area contributed by atoms with Crippen molar-refractivity contribution in [2.24, 2.45) is 0 Å². The van der Waals surface area contributed by atoms with Crippen LogP contribution in [0.15, 0.2) is 22.7 Å². The van der Waals surface area contributed by atoms with E-state index in [1.807, 2.05) is 12.1 Å². The minimum Gasteiger partial charge on any atom is -0.378 e. The lowest BCUT2D eigenvalue weighted by molar-refractivity contribution is 0.0483. The van der Waals surface area contributed by atoms with Gasteiger partial charge in [0.1, 0.15) is 5.82 Å². The van der Waals surface area contributed by atoms with Gasteiger partial charge < -0.3 is 10.1 Å². The summed E-state index contributed by atoms with van der Waals surface area (Å²) in [5.74, 6) is -0.207. The van der Waals surface area contributed by atoms with Crippen molar-refractivity contribution in [1.82, 2.24) is 5.32 Å². The zero-order chi connectivity index (χ0) is 12.3. The van der Waals surface area contributed by atoms with Crippen molar-refractivity contribution in [2.45, 2.75) is 31.8 Å². The van der Waals surface area contributed by atoms with Crippen molar-refractivity contribution in [2.75, 3.05) is 13.2 Å². The number of morpholine rings is 1. The minimum atomic E-state index is -0.207. The molecule has 1 aromatic carbocycles. The number of hydrogen-bond acceptors (Lipinski definition) is 2. The molecule has 0 aliphatic carbocycles. The lowest BCUT2D eigenvalue weighted by Crippen LogP contribution is -2.47. The number of nitrogens with one attached hydrogen (secondary N) is 1. The van der Waals surface area contributed by atoms with E-state index in [0.29, 0.717) is 16.6 Å². The molecule has 1 N–H and O–H groups in total. The van der Waals surface area contributed by atoms with E-state index >= 15 is 0 Å². The van der Waals surface area contributed by atoms with Gasteiger partial charge in [-0.3, -0.25) is 0 Å². The van der Waals surface area contributed by atoms with E-state index in [0.717, 1.165) is 31.6 Å². The largest absolute Gasteiger partial charge is 0.378 e. The molecule has 1 saturated heterocycles. The summed E-state index contributed by atoms with van der Waals surface area (Å²) in [6.45, 7) is 3.69. The molecule has 1 aliphatic heterocycles. The first kappa shape index (κ1) is 13.0. The molecule has 1 fully saturated rings. The SMILES string of the molecule is CC1COCC(CCc2ccc(F)c(Br)c2)N1. The van der Waals surface area contributed by atoms with Crippen LogP contribution in [0.1, 0.15) is 18.9 Å². The minimum absolute atomic E-state index is 0.207. The average Bonchev–Trinajstić information content (AvgIpc) is 2.31. The highest BCUT2D eigenvalue weighted by molar-refractivity contribution is 9.10. The number of rotatable bonds is 3. The molecule has 1 heterocycles. The molecule has 2 nitrogen and oxygen atoms in total. The van der Waals surface area contributed by atoms with E-state index in [1.54, 1.807) is 0 Å². The summed E-state index contributed by atoms with van der Waals surface area (Å²) < 4.78 is 19.1. The first-order chi connectivity index (χ1) is 8.15. The molecule has 1 aromatic rings. The Morgan fingerprint density at radius 1 is 1.47 bits per heavy atom. The fraction of sp³-hybridized carbons (Fsp3) is 0.538. The third-order valence-electron chi connectivity index (χ3n) is 2.97. The molecule has 1 aliphatic rings. The Hall–Kier alpha value is -0.450. The van der Waals surface area contributed by atoms with Gasteiger partial charge in [-0.2, -0.15) is 0 Å². The molecule has 0 amide bonds. The van der Waals surface area contributed by atoms with Gasteiger partial charge in [0, 0.05) is 12.1 Å². The smallest absolute Gasteiger partial charge is 0.137 e. The van der Waals surface area contributed by atoms with Crippen LogP contribution in [0, 0.1) is 5.82 Å². The number of aryl methyl sites for hydroxylation is 1. The van der Waals surface area contributed by atoms with Crippen LogP contribution in [0.2, 0.25) is 0 Å². The van der Waals surface area contributed by atoms with E-state index in [4.69, 9.17) is 4.74 Å². The summed E-state index contributed by atoms with van der Waals surface area (Å²) in [6.07, 6.45) is 1.95. The first-order valence-electron chi connectivity index (χ1n) is 5.93. The van der Waals surface area contributed by atoms with Gasteiger partial charge in [-0.05, 0) is 53.4 Å². The number of benzene rings is 1. The lowest BCUT2D eigenvalue weighted by atomic mass is 10.0. The molecule has 2 atom stereocenters. The third kappa shape index (κ3) is 3.76. The van der Waals surface area contributed by atoms with Crippen LogP contribution in [0.25, 0.3) is 0 Å². The van der Waals surface area contributed by atoms with E-state index in [9.17, 15) is 4.39 Å². The molecular formula is C13H17BrFNO. The Kier molecular flexibility index (Phi) is 4.54. The van der Waals surface area contributed by atoms with E-state index in [1.165, 1.54) is 6.07 Å². The third-order valence-corrected chi connectivity index (χ3v) is 3.58. The topological polar surface area (TPSA) is 21.3 Å². The highest BCUT2D eigenvalue weighted by Gasteiger charge is 2.17. The molecule has 2 rings (SSSR count). The fourth-order valence-corrected chi connectivity index (χ4v) is 2.51. The zero-order valence-corrected chi connectivity index (χ0v) is 11.5. The van der Waals surface area contributed by atoms with Crippen molar-refractivity contribution in [3.05, 3.63) is 34.1 Å². The van der Waals surface area contributed by atoms with Gasteiger partial charge in [-0.15, -0.1) is 0 Å². The van der Waals surface area contributed by atoms with Gasteiger partial charge in [0.15, 0.2) is 0 Å². The maximum absolute atomic E-state index is 13.1. The van der Waals surface area contributed by atoms with Crippen molar-refractivity contribution in [3.63, 3.8) is 0 Å². The summed E-state index contributed by atoms with van der Waals surface area (Å²) >= 11 is 3.21. The quantitative estimate of drug-likeness (QED) is 0.927. The van der Waals surface area contributed by atoms with Crippen LogP contribution in [-0.4, -0.2) is 25.3 Å². The predicted octanol–water partition coefficient (Wildman–Crippen LogP) is 2.90. The number of halogens is 2. The van der Waals surface area contributed by atoms with Crippen LogP contribution >= 0.6 is 15.9 Å². The Balaban J connectivity index is 1.86. The summed E-state index contributed by atoms with van der Waals surface area (Å²) in [6, 6.07) is 6.03. The fourth-order valence-electron chi connectivity index (χ4n) is 2.09. The molecule has 0 aromatic heterocycles. The zero-order valence-electron chi connectivity index (χ0n) is 9.88. The van der Waals surface area contributed by atoms with E-state index in [-0.39, 0.29) is 5.82 Å². The first-order valence-corrected chi connectivity index (χ1v) is 6.72. The molecule has 0 spiro atoms. The Labute approximate surface area is 110 Å². The van der Waals surface area contributed by atoms with Crippen molar-refractivity contribution in [3.8, 4) is 0 Å². The molecular weight excluding hydrogens is 285 g/mol. The van der Waals surface area contributed by atoms with Gasteiger partial charge in [0.05, 0.1) is 17.7 Å². The van der Waals surface area contributed by atoms with Crippen molar-refractivity contribution >= 4 is 15.9 Å². The van der Waals surface area contributed by atoms with Gasteiger partial charge >= 0.3 is 0 Å². The number of ether oxygens (including phenoxy) is 1. The Morgan fingerprint density at radius 3 is 3.00 bits per heavy atom. The highest BCUT2D eigenvalue weighted by atomic mass is 79.9. The second-order valence-electron chi connectivity index (χ2n) is 4.59. The standard InChI is InChI=1S/C13H17BrFNO/c1-9-7-17-8-11(16-9)4-2-10-3-5-13(15)12(14)6-10/h3,5-6,9,11,16H,2,4,7-8H2,1H3. The summed E-state index contributed by atoms with van der Waals surface area (Å²) in [4.78, 5) is 0. The van der Waals surface area contributed by atoms with Crippen LogP contribution in [0.4, 0.5) is 4.39 Å². The Morgan fingerprint density at radius 2 is 2.29 bits per heavy atom. The lowest BCUT2D eigenvalue weighted by Gasteiger charge is -2.29. The predicted molar refractivity (Wildman–Crippen MR) is 69.6 cm³/mol. The molecule has 17 heavy (non-hydrogen) atoms. The van der Waals surface area contributed by atoms with Gasteiger partial charge in [-0.25, -0.2) is 4.39 Å². The maximum atomic E-state index is 13.1. The number of hydrogen-bond donors (Lipinski definition) is 1. The summed E-state index contributed by atoms with van der Waals surface area (Å²) in [5, 5.41) is 3.50. The van der Waals surface area contributed by atoms with Gasteiger partial charge in [-0.1, -0.05) is 6.07 Å².